The number of aliphatic carboxylic acids is 1. The van der Waals surface area contributed by atoms with Gasteiger partial charge in [0, 0.05) is 12.6 Å². The predicted molar refractivity (Wildman–Crippen MR) is 63.4 cm³/mol. The van der Waals surface area contributed by atoms with Crippen LogP contribution in [-0.2, 0) is 11.3 Å². The van der Waals surface area contributed by atoms with Crippen LogP contribution in [0.25, 0.3) is 0 Å². The number of aromatic nitrogens is 2. The number of nitrogens with one attached hydrogen (secondary N) is 1. The zero-order chi connectivity index (χ0) is 13.7. The van der Waals surface area contributed by atoms with E-state index >= 15 is 0 Å². The SMILES string of the molecule is CCCn1nc(C(=O)N[C@H](C)C(=O)O)ccc1=O. The van der Waals surface area contributed by atoms with E-state index < -0.39 is 17.9 Å². The molecule has 1 heterocycles. The Kier molecular flexibility index (Phi) is 4.59. The van der Waals surface area contributed by atoms with Crippen LogP contribution < -0.4 is 10.9 Å². The minimum atomic E-state index is -1.13. The number of nitrogens with zero attached hydrogens (tertiary/aromatic N) is 2. The van der Waals surface area contributed by atoms with Gasteiger partial charge in [0.2, 0.25) is 0 Å². The summed E-state index contributed by atoms with van der Waals surface area (Å²) in [6, 6.07) is 1.51. The molecular weight excluding hydrogens is 238 g/mol. The lowest BCUT2D eigenvalue weighted by molar-refractivity contribution is -0.138. The second kappa shape index (κ2) is 5.95. The molecule has 1 aromatic heterocycles. The number of rotatable bonds is 5. The lowest BCUT2D eigenvalue weighted by atomic mass is 10.3. The van der Waals surface area contributed by atoms with Crippen molar-refractivity contribution in [2.75, 3.05) is 0 Å². The Morgan fingerprint density at radius 3 is 2.72 bits per heavy atom. The Labute approximate surface area is 103 Å². The summed E-state index contributed by atoms with van der Waals surface area (Å²) in [6.07, 6.45) is 0.712. The van der Waals surface area contributed by atoms with E-state index in [0.717, 1.165) is 0 Å². The summed E-state index contributed by atoms with van der Waals surface area (Å²) in [7, 11) is 0. The van der Waals surface area contributed by atoms with Crippen LogP contribution in [-0.4, -0.2) is 32.8 Å². The van der Waals surface area contributed by atoms with Crippen molar-refractivity contribution in [3.63, 3.8) is 0 Å². The molecule has 98 valence electrons. The van der Waals surface area contributed by atoms with Gasteiger partial charge in [0.25, 0.3) is 11.5 Å². The molecule has 0 aliphatic rings. The summed E-state index contributed by atoms with van der Waals surface area (Å²) in [5.41, 5.74) is -0.268. The van der Waals surface area contributed by atoms with Crippen LogP contribution in [0, 0.1) is 0 Å². The van der Waals surface area contributed by atoms with Crippen LogP contribution in [0.1, 0.15) is 30.8 Å². The molecule has 0 saturated carbocycles. The number of amides is 1. The van der Waals surface area contributed by atoms with E-state index in [-0.39, 0.29) is 11.3 Å². The molecule has 2 N–H and O–H groups in total. The zero-order valence-electron chi connectivity index (χ0n) is 10.2. The summed E-state index contributed by atoms with van der Waals surface area (Å²) in [5.74, 6) is -1.75. The number of carbonyl (C=O) groups excluding carboxylic acids is 1. The molecule has 0 saturated heterocycles. The third-order valence-corrected chi connectivity index (χ3v) is 2.25. The second-order valence-corrected chi connectivity index (χ2v) is 3.81. The van der Waals surface area contributed by atoms with Crippen molar-refractivity contribution in [3.8, 4) is 0 Å². The van der Waals surface area contributed by atoms with Crippen LogP contribution in [0.15, 0.2) is 16.9 Å². The van der Waals surface area contributed by atoms with Crippen molar-refractivity contribution >= 4 is 11.9 Å². The van der Waals surface area contributed by atoms with Gasteiger partial charge in [-0.1, -0.05) is 6.92 Å². The Morgan fingerprint density at radius 2 is 2.17 bits per heavy atom. The van der Waals surface area contributed by atoms with Crippen LogP contribution in [0.5, 0.6) is 0 Å². The molecule has 7 nitrogen and oxygen atoms in total. The van der Waals surface area contributed by atoms with Crippen LogP contribution in [0.2, 0.25) is 0 Å². The number of carboxylic acid groups (broad SMARTS) is 1. The maximum atomic E-state index is 11.7. The lowest BCUT2D eigenvalue weighted by Crippen LogP contribution is -2.39. The van der Waals surface area contributed by atoms with Crippen LogP contribution >= 0.6 is 0 Å². The highest BCUT2D eigenvalue weighted by Crippen LogP contribution is 1.94. The fourth-order valence-corrected chi connectivity index (χ4v) is 1.27. The van der Waals surface area contributed by atoms with Gasteiger partial charge in [-0.25, -0.2) is 4.68 Å². The first-order chi connectivity index (χ1) is 8.45. The molecule has 0 aromatic carbocycles. The maximum Gasteiger partial charge on any atom is 0.325 e. The minimum absolute atomic E-state index is 0.0242. The number of carboxylic acids is 1. The summed E-state index contributed by atoms with van der Waals surface area (Å²) in [4.78, 5) is 33.7. The normalized spacial score (nSPS) is 11.9. The molecule has 0 aliphatic carbocycles. The van der Waals surface area contributed by atoms with Gasteiger partial charge in [-0.2, -0.15) is 5.10 Å². The number of hydrogen-bond donors (Lipinski definition) is 2. The van der Waals surface area contributed by atoms with Gasteiger partial charge in [-0.15, -0.1) is 0 Å². The molecule has 1 amide bonds. The fourth-order valence-electron chi connectivity index (χ4n) is 1.27. The van der Waals surface area contributed by atoms with Gasteiger partial charge in [-0.05, 0) is 19.4 Å². The number of carbonyl (C=O) groups is 2. The number of hydrogen-bond acceptors (Lipinski definition) is 4. The van der Waals surface area contributed by atoms with Gasteiger partial charge >= 0.3 is 5.97 Å². The van der Waals surface area contributed by atoms with Crippen LogP contribution in [0.3, 0.4) is 0 Å². The van der Waals surface area contributed by atoms with E-state index in [1.165, 1.54) is 23.7 Å². The summed E-state index contributed by atoms with van der Waals surface area (Å²) < 4.78 is 1.18. The van der Waals surface area contributed by atoms with E-state index in [1.807, 2.05) is 6.92 Å². The average Bonchev–Trinajstić information content (AvgIpc) is 2.31. The molecule has 0 bridgehead atoms. The zero-order valence-corrected chi connectivity index (χ0v) is 10.2. The smallest absolute Gasteiger partial charge is 0.325 e. The van der Waals surface area contributed by atoms with Crippen LogP contribution in [0.4, 0.5) is 0 Å². The third kappa shape index (κ3) is 3.41. The van der Waals surface area contributed by atoms with Gasteiger partial charge in [0.1, 0.15) is 11.7 Å². The van der Waals surface area contributed by atoms with E-state index in [0.29, 0.717) is 13.0 Å². The summed E-state index contributed by atoms with van der Waals surface area (Å²) in [5, 5.41) is 14.8. The molecule has 0 unspecified atom stereocenters. The van der Waals surface area contributed by atoms with E-state index in [9.17, 15) is 14.4 Å². The topological polar surface area (TPSA) is 101 Å². The molecule has 0 spiro atoms. The molecule has 0 fully saturated rings. The Hall–Kier alpha value is -2.18. The lowest BCUT2D eigenvalue weighted by Gasteiger charge is -2.09. The standard InChI is InChI=1S/C11H15N3O4/c1-3-6-14-9(15)5-4-8(13-14)10(16)12-7(2)11(17)18/h4-5,7H,3,6H2,1-2H3,(H,12,16)(H,17,18)/t7-/m1/s1. The van der Waals surface area contributed by atoms with Crippen molar-refractivity contribution in [1.82, 2.24) is 15.1 Å². The largest absolute Gasteiger partial charge is 0.480 e. The highest BCUT2D eigenvalue weighted by Gasteiger charge is 2.16. The molecule has 0 radical (unpaired) electrons. The highest BCUT2D eigenvalue weighted by atomic mass is 16.4. The molecule has 18 heavy (non-hydrogen) atoms. The molecular formula is C11H15N3O4. The quantitative estimate of drug-likeness (QED) is 0.760. The van der Waals surface area contributed by atoms with E-state index in [1.54, 1.807) is 0 Å². The fraction of sp³-hybridized carbons (Fsp3) is 0.455. The van der Waals surface area contributed by atoms with Crippen molar-refractivity contribution in [2.24, 2.45) is 0 Å². The van der Waals surface area contributed by atoms with Crippen molar-refractivity contribution in [3.05, 3.63) is 28.2 Å². The molecule has 1 rings (SSSR count). The van der Waals surface area contributed by atoms with E-state index in [4.69, 9.17) is 5.11 Å². The average molecular weight is 253 g/mol. The maximum absolute atomic E-state index is 11.7. The third-order valence-electron chi connectivity index (χ3n) is 2.25. The Bertz CT molecular complexity index is 509. The molecule has 7 heteroatoms. The summed E-state index contributed by atoms with van der Waals surface area (Å²) in [6.45, 7) is 3.64. The van der Waals surface area contributed by atoms with Crippen molar-refractivity contribution < 1.29 is 14.7 Å². The molecule has 0 aliphatic heterocycles. The van der Waals surface area contributed by atoms with Gasteiger partial charge < -0.3 is 10.4 Å². The Balaban J connectivity index is 2.89. The minimum Gasteiger partial charge on any atom is -0.480 e. The van der Waals surface area contributed by atoms with Crippen molar-refractivity contribution in [2.45, 2.75) is 32.9 Å². The molecule has 1 atom stereocenters. The highest BCUT2D eigenvalue weighted by molar-refractivity contribution is 5.94. The first-order valence-corrected chi connectivity index (χ1v) is 5.57. The predicted octanol–water partition coefficient (Wildman–Crippen LogP) is -0.144. The van der Waals surface area contributed by atoms with Gasteiger partial charge in [-0.3, -0.25) is 14.4 Å². The van der Waals surface area contributed by atoms with Gasteiger partial charge in [0.05, 0.1) is 0 Å². The first-order valence-electron chi connectivity index (χ1n) is 5.57. The Morgan fingerprint density at radius 1 is 1.50 bits per heavy atom. The number of aryl methyl sites for hydroxylation is 1. The van der Waals surface area contributed by atoms with E-state index in [2.05, 4.69) is 10.4 Å². The first kappa shape index (κ1) is 13.9. The van der Waals surface area contributed by atoms with Gasteiger partial charge in [0.15, 0.2) is 0 Å². The molecule has 1 aromatic rings. The van der Waals surface area contributed by atoms with Crippen molar-refractivity contribution in [1.29, 1.82) is 0 Å². The summed E-state index contributed by atoms with van der Waals surface area (Å²) >= 11 is 0. The monoisotopic (exact) mass is 253 g/mol. The second-order valence-electron chi connectivity index (χ2n) is 3.81.